The lowest BCUT2D eigenvalue weighted by Gasteiger charge is -2.11. The van der Waals surface area contributed by atoms with E-state index in [1.807, 2.05) is 14.1 Å². The first-order valence-electron chi connectivity index (χ1n) is 6.32. The molecule has 0 atom stereocenters. The normalized spacial score (nSPS) is 14.9. The van der Waals surface area contributed by atoms with Crippen LogP contribution in [0.3, 0.4) is 0 Å². The highest BCUT2D eigenvalue weighted by Crippen LogP contribution is 2.38. The van der Waals surface area contributed by atoms with Gasteiger partial charge in [-0.3, -0.25) is 0 Å². The van der Waals surface area contributed by atoms with E-state index < -0.39 is 0 Å². The van der Waals surface area contributed by atoms with Crippen molar-refractivity contribution in [3.63, 3.8) is 0 Å². The minimum Gasteiger partial charge on any atom is -0.477 e. The third-order valence-corrected chi connectivity index (χ3v) is 2.81. The van der Waals surface area contributed by atoms with Gasteiger partial charge < -0.3 is 15.1 Å². The zero-order valence-corrected chi connectivity index (χ0v) is 11.0. The van der Waals surface area contributed by atoms with Crippen LogP contribution in [0.4, 0.5) is 5.82 Å². The molecule has 0 bridgehead atoms. The molecule has 0 amide bonds. The summed E-state index contributed by atoms with van der Waals surface area (Å²) in [4.78, 5) is 10.9. The summed E-state index contributed by atoms with van der Waals surface area (Å²) in [5.41, 5.74) is 2.56. The largest absolute Gasteiger partial charge is 0.477 e. The Labute approximate surface area is 108 Å². The summed E-state index contributed by atoms with van der Waals surface area (Å²) >= 11 is 0. The van der Waals surface area contributed by atoms with E-state index in [1.165, 1.54) is 0 Å². The highest BCUT2D eigenvalue weighted by molar-refractivity contribution is 5.38. The number of nitrogen functional groups attached to an aromatic ring is 1. The van der Waals surface area contributed by atoms with Gasteiger partial charge >= 0.3 is 0 Å². The van der Waals surface area contributed by atoms with Crippen LogP contribution in [-0.4, -0.2) is 42.1 Å². The van der Waals surface area contributed by atoms with Crippen LogP contribution in [0, 0.1) is 0 Å². The smallest absolute Gasteiger partial charge is 0.218 e. The summed E-state index contributed by atoms with van der Waals surface area (Å²) < 4.78 is 5.64. The molecule has 1 aromatic heterocycles. The molecule has 1 aliphatic rings. The summed E-state index contributed by atoms with van der Waals surface area (Å²) in [7, 11) is 4.10. The lowest BCUT2D eigenvalue weighted by molar-refractivity contribution is 0.272. The van der Waals surface area contributed by atoms with Crippen LogP contribution in [0.5, 0.6) is 5.88 Å². The molecule has 1 fully saturated rings. The summed E-state index contributed by atoms with van der Waals surface area (Å²) in [6.45, 7) is 1.66. The van der Waals surface area contributed by atoms with Crippen molar-refractivity contribution in [1.82, 2.24) is 14.9 Å². The molecule has 0 spiro atoms. The summed E-state index contributed by atoms with van der Waals surface area (Å²) in [6, 6.07) is 1.74. The molecule has 1 saturated carbocycles. The first-order chi connectivity index (χ1) is 8.69. The number of hydrogen-bond donors (Lipinski definition) is 2. The standard InChI is InChI=1S/C12H21N5O/c1-17(2)6-3-7-18-11-8-10(16-13)14-12(15-11)9-4-5-9/h8-9H,3-7,13H2,1-2H3,(H,14,15,16). The summed E-state index contributed by atoms with van der Waals surface area (Å²) in [5, 5.41) is 0. The van der Waals surface area contributed by atoms with Gasteiger partial charge in [0.1, 0.15) is 11.6 Å². The first kappa shape index (κ1) is 13.0. The molecular formula is C12H21N5O. The maximum atomic E-state index is 5.64. The molecule has 0 unspecified atom stereocenters. The Bertz CT molecular complexity index is 392. The fourth-order valence-electron chi connectivity index (χ4n) is 1.67. The van der Waals surface area contributed by atoms with Gasteiger partial charge in [-0.1, -0.05) is 0 Å². The Hall–Kier alpha value is -1.40. The van der Waals surface area contributed by atoms with Crippen molar-refractivity contribution in [3.05, 3.63) is 11.9 Å². The Morgan fingerprint density at radius 2 is 2.22 bits per heavy atom. The third kappa shape index (κ3) is 3.82. The zero-order chi connectivity index (χ0) is 13.0. The molecule has 6 nitrogen and oxygen atoms in total. The molecule has 18 heavy (non-hydrogen) atoms. The predicted molar refractivity (Wildman–Crippen MR) is 70.5 cm³/mol. The van der Waals surface area contributed by atoms with Gasteiger partial charge in [0.15, 0.2) is 0 Å². The van der Waals surface area contributed by atoms with Crippen LogP contribution >= 0.6 is 0 Å². The van der Waals surface area contributed by atoms with E-state index in [0.29, 0.717) is 24.2 Å². The quantitative estimate of drug-likeness (QED) is 0.427. The molecule has 3 N–H and O–H groups in total. The van der Waals surface area contributed by atoms with Crippen LogP contribution in [0.15, 0.2) is 6.07 Å². The van der Waals surface area contributed by atoms with Gasteiger partial charge in [-0.05, 0) is 33.4 Å². The molecule has 100 valence electrons. The Morgan fingerprint density at radius 1 is 1.44 bits per heavy atom. The van der Waals surface area contributed by atoms with Gasteiger partial charge in [-0.15, -0.1) is 0 Å². The van der Waals surface area contributed by atoms with Crippen molar-refractivity contribution in [2.75, 3.05) is 32.7 Å². The van der Waals surface area contributed by atoms with Crippen molar-refractivity contribution in [2.45, 2.75) is 25.2 Å². The number of rotatable bonds is 7. The van der Waals surface area contributed by atoms with Gasteiger partial charge in [-0.2, -0.15) is 4.98 Å². The maximum absolute atomic E-state index is 5.64. The molecule has 6 heteroatoms. The van der Waals surface area contributed by atoms with Crippen LogP contribution in [-0.2, 0) is 0 Å². The highest BCUT2D eigenvalue weighted by Gasteiger charge is 2.27. The number of aromatic nitrogens is 2. The van der Waals surface area contributed by atoms with Gasteiger partial charge in [0.2, 0.25) is 5.88 Å². The molecule has 2 rings (SSSR count). The average molecular weight is 251 g/mol. The van der Waals surface area contributed by atoms with E-state index >= 15 is 0 Å². The van der Waals surface area contributed by atoms with E-state index in [4.69, 9.17) is 10.6 Å². The van der Waals surface area contributed by atoms with Crippen molar-refractivity contribution < 1.29 is 4.74 Å². The number of ether oxygens (including phenoxy) is 1. The predicted octanol–water partition coefficient (Wildman–Crippen LogP) is 0.970. The van der Waals surface area contributed by atoms with E-state index in [2.05, 4.69) is 20.3 Å². The second-order valence-electron chi connectivity index (χ2n) is 4.87. The number of nitrogens with zero attached hydrogens (tertiary/aromatic N) is 3. The number of nitrogens with one attached hydrogen (secondary N) is 1. The van der Waals surface area contributed by atoms with E-state index in [0.717, 1.165) is 31.6 Å². The minimum atomic E-state index is 0.488. The molecule has 1 aliphatic carbocycles. The molecule has 1 aromatic rings. The number of nitrogens with two attached hydrogens (primary N) is 1. The zero-order valence-electron chi connectivity index (χ0n) is 11.0. The second-order valence-corrected chi connectivity index (χ2v) is 4.87. The molecule has 0 saturated heterocycles. The Balaban J connectivity index is 1.92. The fraction of sp³-hybridized carbons (Fsp3) is 0.667. The van der Waals surface area contributed by atoms with Crippen molar-refractivity contribution in [1.29, 1.82) is 0 Å². The average Bonchev–Trinajstić information content (AvgIpc) is 3.18. The second kappa shape index (κ2) is 5.97. The first-order valence-corrected chi connectivity index (χ1v) is 6.32. The van der Waals surface area contributed by atoms with Crippen LogP contribution < -0.4 is 16.0 Å². The maximum Gasteiger partial charge on any atom is 0.218 e. The molecule has 1 heterocycles. The molecule has 0 radical (unpaired) electrons. The number of hydrogen-bond acceptors (Lipinski definition) is 6. The third-order valence-electron chi connectivity index (χ3n) is 2.81. The van der Waals surface area contributed by atoms with Crippen LogP contribution in [0.1, 0.15) is 31.0 Å². The van der Waals surface area contributed by atoms with Crippen LogP contribution in [0.25, 0.3) is 0 Å². The van der Waals surface area contributed by atoms with E-state index in [9.17, 15) is 0 Å². The van der Waals surface area contributed by atoms with Gasteiger partial charge in [0.05, 0.1) is 6.61 Å². The van der Waals surface area contributed by atoms with Gasteiger partial charge in [0, 0.05) is 18.5 Å². The van der Waals surface area contributed by atoms with E-state index in [-0.39, 0.29) is 0 Å². The lowest BCUT2D eigenvalue weighted by atomic mass is 10.4. The van der Waals surface area contributed by atoms with Crippen molar-refractivity contribution in [2.24, 2.45) is 5.84 Å². The Kier molecular flexibility index (Phi) is 4.33. The number of anilines is 1. The monoisotopic (exact) mass is 251 g/mol. The highest BCUT2D eigenvalue weighted by atomic mass is 16.5. The van der Waals surface area contributed by atoms with Gasteiger partial charge in [0.25, 0.3) is 0 Å². The number of hydrazine groups is 1. The van der Waals surface area contributed by atoms with Crippen molar-refractivity contribution >= 4 is 5.82 Å². The summed E-state index contributed by atoms with van der Waals surface area (Å²) in [6.07, 6.45) is 3.29. The lowest BCUT2D eigenvalue weighted by Crippen LogP contribution is -2.16. The summed E-state index contributed by atoms with van der Waals surface area (Å²) in [5.74, 6) is 7.96. The fourth-order valence-corrected chi connectivity index (χ4v) is 1.67. The topological polar surface area (TPSA) is 76.3 Å². The van der Waals surface area contributed by atoms with Gasteiger partial charge in [-0.25, -0.2) is 10.8 Å². The SMILES string of the molecule is CN(C)CCCOc1cc(NN)nc(C2CC2)n1. The molecular weight excluding hydrogens is 230 g/mol. The van der Waals surface area contributed by atoms with Crippen molar-refractivity contribution in [3.8, 4) is 5.88 Å². The Morgan fingerprint density at radius 3 is 2.83 bits per heavy atom. The minimum absolute atomic E-state index is 0.488. The molecule has 0 aromatic carbocycles. The van der Waals surface area contributed by atoms with Crippen LogP contribution in [0.2, 0.25) is 0 Å². The van der Waals surface area contributed by atoms with E-state index in [1.54, 1.807) is 6.07 Å². The molecule has 0 aliphatic heterocycles.